The first kappa shape index (κ1) is 37.5. The Morgan fingerprint density at radius 2 is 0.603 bits per heavy atom. The molecule has 0 N–H and O–H groups in total. The zero-order chi connectivity index (χ0) is 45.0. The maximum atomic E-state index is 10.5. The van der Waals surface area contributed by atoms with Gasteiger partial charge in [0.2, 0.25) is 0 Å². The molecular weight excluding hydrogens is 835 g/mol. The second-order valence-electron chi connectivity index (χ2n) is 17.1. The van der Waals surface area contributed by atoms with Gasteiger partial charge in [0.05, 0.1) is 44.1 Å². The van der Waals surface area contributed by atoms with Crippen LogP contribution in [0.5, 0.6) is 0 Å². The van der Waals surface area contributed by atoms with Crippen LogP contribution in [0.4, 0.5) is 0 Å². The third kappa shape index (κ3) is 5.39. The summed E-state index contributed by atoms with van der Waals surface area (Å²) in [7, 11) is 0. The number of aromatic nitrogens is 7. The Balaban J connectivity index is 0.954. The standard InChI is InChI=1S/C59H33N9/c60-34-65-49-26-22-37(30-45(49)47-32-39(24-28-51(47)65)67-53-18-8-4-14-41(53)42-15-5-9-19-54(42)67)58-62-57(36-12-2-1-3-13-36)63-59(64-58)38-23-27-50-46(31-38)48-33-40(25-29-52(48)66(50)35-61)68-55-20-10-6-16-43(55)44-17-7-11-21-56(44)68/h1-33H. The van der Waals surface area contributed by atoms with Gasteiger partial charge in [-0.25, -0.2) is 24.1 Å². The van der Waals surface area contributed by atoms with Crippen LogP contribution >= 0.6 is 0 Å². The average Bonchev–Trinajstić information content (AvgIpc) is 4.12. The van der Waals surface area contributed by atoms with Crippen LogP contribution in [0.2, 0.25) is 0 Å². The average molecular weight is 868 g/mol. The van der Waals surface area contributed by atoms with E-state index in [-0.39, 0.29) is 0 Å². The molecule has 0 aliphatic heterocycles. The van der Waals surface area contributed by atoms with Crippen LogP contribution in [-0.4, -0.2) is 33.2 Å². The zero-order valence-corrected chi connectivity index (χ0v) is 36.1. The van der Waals surface area contributed by atoms with Crippen molar-refractivity contribution in [3.63, 3.8) is 0 Å². The summed E-state index contributed by atoms with van der Waals surface area (Å²) < 4.78 is 7.98. The molecule has 14 rings (SSSR count). The van der Waals surface area contributed by atoms with E-state index in [1.807, 2.05) is 66.7 Å². The molecule has 9 heteroatoms. The van der Waals surface area contributed by atoms with Gasteiger partial charge < -0.3 is 9.13 Å². The smallest absolute Gasteiger partial charge is 0.189 e. The lowest BCUT2D eigenvalue weighted by Crippen LogP contribution is -2.00. The first-order chi connectivity index (χ1) is 33.6. The normalized spacial score (nSPS) is 11.8. The SMILES string of the molecule is N#Cn1c2ccc(-c3nc(-c4ccccc4)nc(-c4ccc5c(c4)c4cc(-n6c7ccccc7c7ccccc76)ccc4n5C#N)n3)cc2c2cc(-n3c4ccccc4c4ccccc43)ccc21. The van der Waals surface area contributed by atoms with Crippen LogP contribution in [0, 0.1) is 22.9 Å². The third-order valence-electron chi connectivity index (χ3n) is 13.6. The van der Waals surface area contributed by atoms with Gasteiger partial charge in [-0.1, -0.05) is 103 Å². The van der Waals surface area contributed by atoms with Gasteiger partial charge in [-0.3, -0.25) is 0 Å². The molecule has 0 bridgehead atoms. The summed E-state index contributed by atoms with van der Waals surface area (Å²) in [4.78, 5) is 15.4. The molecule has 0 spiro atoms. The lowest BCUT2D eigenvalue weighted by Gasteiger charge is -2.10. The zero-order valence-electron chi connectivity index (χ0n) is 36.1. The summed E-state index contributed by atoms with van der Waals surface area (Å²) in [5.41, 5.74) is 12.1. The van der Waals surface area contributed by atoms with Gasteiger partial charge >= 0.3 is 0 Å². The Morgan fingerprint density at radius 1 is 0.279 bits per heavy atom. The number of fused-ring (bicyclic) bond motifs is 12. The number of para-hydroxylation sites is 4. The Hall–Kier alpha value is -9.83. The van der Waals surface area contributed by atoms with Crippen LogP contribution in [0.3, 0.4) is 0 Å². The number of nitrogens with zero attached hydrogens (tertiary/aromatic N) is 9. The lowest BCUT2D eigenvalue weighted by atomic mass is 10.1. The fraction of sp³-hybridized carbons (Fsp3) is 0. The van der Waals surface area contributed by atoms with Crippen molar-refractivity contribution in [3.8, 4) is 57.9 Å². The van der Waals surface area contributed by atoms with E-state index in [0.29, 0.717) is 17.5 Å². The monoisotopic (exact) mass is 867 g/mol. The van der Waals surface area contributed by atoms with E-state index >= 15 is 0 Å². The lowest BCUT2D eigenvalue weighted by molar-refractivity contribution is 1.07. The number of hydrogen-bond acceptors (Lipinski definition) is 5. The van der Waals surface area contributed by atoms with Gasteiger partial charge in [0.25, 0.3) is 0 Å². The number of hydrogen-bond donors (Lipinski definition) is 0. The maximum Gasteiger partial charge on any atom is 0.189 e. The minimum atomic E-state index is 0.500. The molecule has 0 aliphatic rings. The van der Waals surface area contributed by atoms with Crippen molar-refractivity contribution >= 4 is 87.2 Å². The van der Waals surface area contributed by atoms with E-state index < -0.39 is 0 Å². The largest absolute Gasteiger partial charge is 0.309 e. The molecule has 5 aromatic heterocycles. The molecule has 9 aromatic carbocycles. The van der Waals surface area contributed by atoms with Crippen molar-refractivity contribution < 1.29 is 0 Å². The highest BCUT2D eigenvalue weighted by Gasteiger charge is 2.21. The first-order valence-corrected chi connectivity index (χ1v) is 22.4. The molecule has 14 aromatic rings. The van der Waals surface area contributed by atoms with Crippen molar-refractivity contribution in [2.24, 2.45) is 0 Å². The summed E-state index contributed by atoms with van der Waals surface area (Å²) in [6, 6.07) is 68.6. The Kier molecular flexibility index (Phi) is 7.91. The van der Waals surface area contributed by atoms with Crippen molar-refractivity contribution in [2.45, 2.75) is 0 Å². The molecule has 0 atom stereocenters. The van der Waals surface area contributed by atoms with Gasteiger partial charge in [0, 0.05) is 71.2 Å². The van der Waals surface area contributed by atoms with Crippen molar-refractivity contribution in [3.05, 3.63) is 200 Å². The highest BCUT2D eigenvalue weighted by molar-refractivity contribution is 6.14. The predicted molar refractivity (Wildman–Crippen MR) is 273 cm³/mol. The highest BCUT2D eigenvalue weighted by atomic mass is 15.0. The van der Waals surface area contributed by atoms with Crippen molar-refractivity contribution in [1.82, 2.24) is 33.2 Å². The summed E-state index contributed by atoms with van der Waals surface area (Å²) in [6.07, 6.45) is 4.86. The minimum absolute atomic E-state index is 0.500. The fourth-order valence-electron chi connectivity index (χ4n) is 10.5. The summed E-state index contributed by atoms with van der Waals surface area (Å²) in [5, 5.41) is 29.5. The molecule has 0 fully saturated rings. The molecule has 314 valence electrons. The summed E-state index contributed by atoms with van der Waals surface area (Å²) >= 11 is 0. The summed E-state index contributed by atoms with van der Waals surface area (Å²) in [5.74, 6) is 1.53. The Morgan fingerprint density at radius 3 is 0.985 bits per heavy atom. The van der Waals surface area contributed by atoms with E-state index in [4.69, 9.17) is 15.0 Å². The van der Waals surface area contributed by atoms with Crippen molar-refractivity contribution in [2.75, 3.05) is 0 Å². The van der Waals surface area contributed by atoms with Gasteiger partial charge in [0.15, 0.2) is 29.9 Å². The van der Waals surface area contributed by atoms with Gasteiger partial charge in [0.1, 0.15) is 0 Å². The molecule has 5 heterocycles. The highest BCUT2D eigenvalue weighted by Crippen LogP contribution is 2.39. The van der Waals surface area contributed by atoms with Crippen LogP contribution < -0.4 is 0 Å². The Labute approximate surface area is 387 Å². The number of rotatable bonds is 5. The van der Waals surface area contributed by atoms with E-state index in [0.717, 1.165) is 93.7 Å². The first-order valence-electron chi connectivity index (χ1n) is 22.4. The van der Waals surface area contributed by atoms with E-state index in [9.17, 15) is 10.5 Å². The van der Waals surface area contributed by atoms with Crippen LogP contribution in [0.25, 0.3) is 133 Å². The molecule has 0 radical (unpaired) electrons. The minimum Gasteiger partial charge on any atom is -0.309 e. The van der Waals surface area contributed by atoms with Gasteiger partial charge in [-0.15, -0.1) is 0 Å². The van der Waals surface area contributed by atoms with Gasteiger partial charge in [-0.05, 0) is 97.1 Å². The number of benzene rings is 9. The van der Waals surface area contributed by atoms with E-state index in [2.05, 4.69) is 155 Å². The van der Waals surface area contributed by atoms with Crippen LogP contribution in [0.1, 0.15) is 0 Å². The van der Waals surface area contributed by atoms with E-state index in [1.165, 1.54) is 21.5 Å². The van der Waals surface area contributed by atoms with Crippen molar-refractivity contribution in [1.29, 1.82) is 10.5 Å². The van der Waals surface area contributed by atoms with Gasteiger partial charge in [-0.2, -0.15) is 10.5 Å². The second kappa shape index (κ2) is 14.3. The predicted octanol–water partition coefficient (Wildman–Crippen LogP) is 13.9. The molecule has 68 heavy (non-hydrogen) atoms. The van der Waals surface area contributed by atoms with E-state index in [1.54, 1.807) is 9.13 Å². The molecular formula is C59H33N9. The molecule has 0 amide bonds. The Bertz CT molecular complexity index is 4160. The maximum absolute atomic E-state index is 10.5. The molecule has 0 aliphatic carbocycles. The molecule has 0 saturated heterocycles. The molecule has 0 saturated carbocycles. The molecule has 9 nitrogen and oxygen atoms in total. The second-order valence-corrected chi connectivity index (χ2v) is 17.1. The topological polar surface area (TPSA) is 106 Å². The van der Waals surface area contributed by atoms with Crippen LogP contribution in [-0.2, 0) is 0 Å². The fourth-order valence-corrected chi connectivity index (χ4v) is 10.5. The quantitative estimate of drug-likeness (QED) is 0.171. The molecule has 0 unspecified atom stereocenters. The van der Waals surface area contributed by atoms with Crippen LogP contribution in [0.15, 0.2) is 200 Å². The third-order valence-corrected chi connectivity index (χ3v) is 13.6. The number of nitriles is 2. The summed E-state index contributed by atoms with van der Waals surface area (Å²) in [6.45, 7) is 0.